The summed E-state index contributed by atoms with van der Waals surface area (Å²) in [7, 11) is 1.99. The van der Waals surface area contributed by atoms with E-state index in [0.29, 0.717) is 32.5 Å². The van der Waals surface area contributed by atoms with Crippen molar-refractivity contribution < 1.29 is 9.90 Å². The summed E-state index contributed by atoms with van der Waals surface area (Å²) in [5.74, 6) is 0.163. The number of likely N-dealkylation sites (tertiary alicyclic amines) is 1. The second kappa shape index (κ2) is 7.05. The second-order valence-corrected chi connectivity index (χ2v) is 6.15. The highest BCUT2D eigenvalue weighted by molar-refractivity contribution is 5.78. The van der Waals surface area contributed by atoms with Gasteiger partial charge in [-0.05, 0) is 50.4 Å². The van der Waals surface area contributed by atoms with Gasteiger partial charge < -0.3 is 10.0 Å². The number of benzene rings is 1. The lowest BCUT2D eigenvalue weighted by Gasteiger charge is -2.31. The first kappa shape index (κ1) is 16.0. The number of rotatable bonds is 4. The SMILES string of the molecule is Cc1cccc(C)c1CN(C)CC(=O)N1CCC(O)CC1. The summed E-state index contributed by atoms with van der Waals surface area (Å²) in [4.78, 5) is 16.2. The summed E-state index contributed by atoms with van der Waals surface area (Å²) in [6, 6.07) is 6.30. The number of carbonyl (C=O) groups is 1. The number of carbonyl (C=O) groups excluding carboxylic acids is 1. The molecule has 1 amide bonds. The van der Waals surface area contributed by atoms with Crippen molar-refractivity contribution in [2.45, 2.75) is 39.3 Å². The topological polar surface area (TPSA) is 43.8 Å². The third kappa shape index (κ3) is 4.29. The average Bonchev–Trinajstić information content (AvgIpc) is 2.43. The van der Waals surface area contributed by atoms with Gasteiger partial charge in [-0.1, -0.05) is 18.2 Å². The standard InChI is InChI=1S/C17H26N2O2/c1-13-5-4-6-14(2)16(13)11-18(3)12-17(21)19-9-7-15(20)8-10-19/h4-6,15,20H,7-12H2,1-3H3. The van der Waals surface area contributed by atoms with Crippen LogP contribution in [0.4, 0.5) is 0 Å². The van der Waals surface area contributed by atoms with Gasteiger partial charge in [0.1, 0.15) is 0 Å². The molecule has 116 valence electrons. The molecule has 0 atom stereocenters. The largest absolute Gasteiger partial charge is 0.393 e. The molecule has 1 heterocycles. The Morgan fingerprint density at radius 2 is 1.86 bits per heavy atom. The van der Waals surface area contributed by atoms with Gasteiger partial charge in [0.05, 0.1) is 12.6 Å². The maximum atomic E-state index is 12.3. The van der Waals surface area contributed by atoms with Gasteiger partial charge >= 0.3 is 0 Å². The minimum absolute atomic E-state index is 0.163. The van der Waals surface area contributed by atoms with Crippen molar-refractivity contribution in [1.82, 2.24) is 9.80 Å². The Balaban J connectivity index is 1.89. The Kier molecular flexibility index (Phi) is 5.37. The van der Waals surface area contributed by atoms with Gasteiger partial charge in [0.25, 0.3) is 0 Å². The summed E-state index contributed by atoms with van der Waals surface area (Å²) in [6.07, 6.45) is 1.17. The zero-order valence-corrected chi connectivity index (χ0v) is 13.3. The number of nitrogens with zero attached hydrogens (tertiary/aromatic N) is 2. The molecule has 0 aliphatic carbocycles. The van der Waals surface area contributed by atoms with E-state index in [1.165, 1.54) is 16.7 Å². The quantitative estimate of drug-likeness (QED) is 0.918. The fourth-order valence-corrected chi connectivity index (χ4v) is 2.87. The Bertz CT molecular complexity index is 473. The molecule has 1 N–H and O–H groups in total. The van der Waals surface area contributed by atoms with Gasteiger partial charge in [-0.2, -0.15) is 0 Å². The zero-order valence-electron chi connectivity index (χ0n) is 13.3. The average molecular weight is 290 g/mol. The first-order valence-corrected chi connectivity index (χ1v) is 7.67. The number of hydrogen-bond acceptors (Lipinski definition) is 3. The van der Waals surface area contributed by atoms with Crippen molar-refractivity contribution in [3.05, 3.63) is 34.9 Å². The molecule has 0 aromatic heterocycles. The van der Waals surface area contributed by atoms with Gasteiger partial charge in [0.15, 0.2) is 0 Å². The first-order chi connectivity index (χ1) is 9.97. The van der Waals surface area contributed by atoms with Crippen LogP contribution < -0.4 is 0 Å². The predicted octanol–water partition coefficient (Wildman–Crippen LogP) is 1.72. The molecule has 0 bridgehead atoms. The first-order valence-electron chi connectivity index (χ1n) is 7.67. The van der Waals surface area contributed by atoms with E-state index in [0.717, 1.165) is 6.54 Å². The zero-order chi connectivity index (χ0) is 15.4. The molecule has 1 aromatic rings. The smallest absolute Gasteiger partial charge is 0.236 e. The lowest BCUT2D eigenvalue weighted by molar-refractivity contribution is -0.134. The fourth-order valence-electron chi connectivity index (χ4n) is 2.87. The van der Waals surface area contributed by atoms with Crippen molar-refractivity contribution in [1.29, 1.82) is 0 Å². The molecule has 1 aliphatic rings. The van der Waals surface area contributed by atoms with Gasteiger partial charge in [-0.3, -0.25) is 9.69 Å². The molecule has 1 aromatic carbocycles. The Hall–Kier alpha value is -1.39. The van der Waals surface area contributed by atoms with Crippen molar-refractivity contribution in [2.75, 3.05) is 26.7 Å². The van der Waals surface area contributed by atoms with Crippen molar-refractivity contribution in [3.8, 4) is 0 Å². The number of hydrogen-bond donors (Lipinski definition) is 1. The maximum absolute atomic E-state index is 12.3. The van der Waals surface area contributed by atoms with E-state index in [1.807, 2.05) is 11.9 Å². The maximum Gasteiger partial charge on any atom is 0.236 e. The van der Waals surface area contributed by atoms with E-state index < -0.39 is 0 Å². The van der Waals surface area contributed by atoms with Gasteiger partial charge in [-0.25, -0.2) is 0 Å². The Labute approximate surface area is 127 Å². The summed E-state index contributed by atoms with van der Waals surface area (Å²) in [6.45, 7) is 6.81. The van der Waals surface area contributed by atoms with Crippen LogP contribution in [0.3, 0.4) is 0 Å². The van der Waals surface area contributed by atoms with Crippen LogP contribution in [-0.4, -0.2) is 53.6 Å². The summed E-state index contributed by atoms with van der Waals surface area (Å²) in [5.41, 5.74) is 3.85. The highest BCUT2D eigenvalue weighted by atomic mass is 16.3. The molecule has 21 heavy (non-hydrogen) atoms. The summed E-state index contributed by atoms with van der Waals surface area (Å²) in [5, 5.41) is 9.50. The van der Waals surface area contributed by atoms with Crippen LogP contribution in [0.25, 0.3) is 0 Å². The number of aliphatic hydroxyl groups excluding tert-OH is 1. The van der Waals surface area contributed by atoms with Crippen molar-refractivity contribution >= 4 is 5.91 Å². The van der Waals surface area contributed by atoms with Gasteiger partial charge in [-0.15, -0.1) is 0 Å². The summed E-state index contributed by atoms with van der Waals surface area (Å²) >= 11 is 0. The molecule has 1 fully saturated rings. The minimum atomic E-state index is -0.235. The number of likely N-dealkylation sites (N-methyl/N-ethyl adjacent to an activating group) is 1. The number of piperidine rings is 1. The lowest BCUT2D eigenvalue weighted by atomic mass is 10.0. The molecule has 0 unspecified atom stereocenters. The predicted molar refractivity (Wildman–Crippen MR) is 84.1 cm³/mol. The highest BCUT2D eigenvalue weighted by Gasteiger charge is 2.22. The molecule has 0 spiro atoms. The van der Waals surface area contributed by atoms with Gasteiger partial charge in [0.2, 0.25) is 5.91 Å². The fraction of sp³-hybridized carbons (Fsp3) is 0.588. The normalized spacial score (nSPS) is 16.5. The van der Waals surface area contributed by atoms with Crippen molar-refractivity contribution in [3.63, 3.8) is 0 Å². The van der Waals surface area contributed by atoms with Crippen LogP contribution >= 0.6 is 0 Å². The van der Waals surface area contributed by atoms with Gasteiger partial charge in [0, 0.05) is 19.6 Å². The Morgan fingerprint density at radius 3 is 2.43 bits per heavy atom. The van der Waals surface area contributed by atoms with E-state index in [1.54, 1.807) is 0 Å². The van der Waals surface area contributed by atoms with Crippen LogP contribution in [0.2, 0.25) is 0 Å². The highest BCUT2D eigenvalue weighted by Crippen LogP contribution is 2.16. The molecule has 1 saturated heterocycles. The van der Waals surface area contributed by atoms with E-state index in [-0.39, 0.29) is 12.0 Å². The molecule has 4 heteroatoms. The molecule has 4 nitrogen and oxygen atoms in total. The van der Waals surface area contributed by atoms with Crippen LogP contribution in [-0.2, 0) is 11.3 Å². The number of aliphatic hydroxyl groups is 1. The molecule has 0 saturated carbocycles. The van der Waals surface area contributed by atoms with Crippen LogP contribution in [0.5, 0.6) is 0 Å². The van der Waals surface area contributed by atoms with Crippen LogP contribution in [0, 0.1) is 13.8 Å². The molecule has 1 aliphatic heterocycles. The second-order valence-electron chi connectivity index (χ2n) is 6.15. The molecular formula is C17H26N2O2. The van der Waals surface area contributed by atoms with E-state index in [9.17, 15) is 9.90 Å². The molecule has 0 radical (unpaired) electrons. The third-order valence-electron chi connectivity index (χ3n) is 4.29. The monoisotopic (exact) mass is 290 g/mol. The molecule has 2 rings (SSSR count). The molecular weight excluding hydrogens is 264 g/mol. The number of aryl methyl sites for hydroxylation is 2. The van der Waals surface area contributed by atoms with Crippen LogP contribution in [0.1, 0.15) is 29.5 Å². The van der Waals surface area contributed by atoms with Crippen LogP contribution in [0.15, 0.2) is 18.2 Å². The summed E-state index contributed by atoms with van der Waals surface area (Å²) < 4.78 is 0. The number of amides is 1. The van der Waals surface area contributed by atoms with E-state index >= 15 is 0 Å². The minimum Gasteiger partial charge on any atom is -0.393 e. The van der Waals surface area contributed by atoms with Crippen molar-refractivity contribution in [2.24, 2.45) is 0 Å². The van der Waals surface area contributed by atoms with E-state index in [2.05, 4.69) is 36.9 Å². The third-order valence-corrected chi connectivity index (χ3v) is 4.29. The Morgan fingerprint density at radius 1 is 1.29 bits per heavy atom. The lowest BCUT2D eigenvalue weighted by Crippen LogP contribution is -2.44. The van der Waals surface area contributed by atoms with E-state index in [4.69, 9.17) is 0 Å².